The second-order valence-electron chi connectivity index (χ2n) is 11.4. The first kappa shape index (κ1) is 26.0. The number of halogens is 3. The molecular formula is C29H31F3N2O5. The number of phenols is 1. The van der Waals surface area contributed by atoms with E-state index in [0.29, 0.717) is 30.6 Å². The summed E-state index contributed by atoms with van der Waals surface area (Å²) >= 11 is 0. The highest BCUT2D eigenvalue weighted by molar-refractivity contribution is 5.92. The number of likely N-dealkylation sites (tertiary alicyclic amines) is 1. The summed E-state index contributed by atoms with van der Waals surface area (Å²) in [6, 6.07) is 8.42. The molecular weight excluding hydrogens is 513 g/mol. The number of aromatic hydroxyl groups is 1. The van der Waals surface area contributed by atoms with Gasteiger partial charge in [-0.3, -0.25) is 4.79 Å². The number of nitrogens with zero attached hydrogens (tertiary/aromatic N) is 2. The van der Waals surface area contributed by atoms with E-state index in [1.165, 1.54) is 30.4 Å². The van der Waals surface area contributed by atoms with E-state index in [-0.39, 0.29) is 29.4 Å². The van der Waals surface area contributed by atoms with Gasteiger partial charge in [-0.15, -0.1) is 13.2 Å². The van der Waals surface area contributed by atoms with Crippen molar-refractivity contribution in [3.63, 3.8) is 0 Å². The second kappa shape index (κ2) is 8.63. The molecule has 208 valence electrons. The number of hydrogen-bond donors (Lipinski definition) is 2. The highest BCUT2D eigenvalue weighted by Crippen LogP contribution is 2.66. The van der Waals surface area contributed by atoms with Crippen molar-refractivity contribution in [1.29, 1.82) is 0 Å². The zero-order valence-electron chi connectivity index (χ0n) is 21.9. The van der Waals surface area contributed by atoms with Crippen LogP contribution in [-0.4, -0.2) is 76.7 Å². The van der Waals surface area contributed by atoms with Gasteiger partial charge in [-0.25, -0.2) is 0 Å². The van der Waals surface area contributed by atoms with Crippen molar-refractivity contribution in [2.75, 3.05) is 20.6 Å². The van der Waals surface area contributed by atoms with Gasteiger partial charge >= 0.3 is 6.36 Å². The molecule has 1 saturated carbocycles. The van der Waals surface area contributed by atoms with Gasteiger partial charge in [0, 0.05) is 24.7 Å². The number of aliphatic hydroxyl groups is 1. The van der Waals surface area contributed by atoms with E-state index in [4.69, 9.17) is 4.74 Å². The van der Waals surface area contributed by atoms with Crippen LogP contribution in [0.25, 0.3) is 6.08 Å². The number of hydrogen-bond acceptors (Lipinski definition) is 6. The number of carbonyl (C=O) groups is 1. The average molecular weight is 545 g/mol. The lowest BCUT2D eigenvalue weighted by Gasteiger charge is -2.65. The van der Waals surface area contributed by atoms with Crippen LogP contribution < -0.4 is 9.47 Å². The molecule has 2 heterocycles. The van der Waals surface area contributed by atoms with E-state index in [9.17, 15) is 28.2 Å². The Morgan fingerprint density at radius 2 is 2.05 bits per heavy atom. The average Bonchev–Trinajstić information content (AvgIpc) is 3.20. The number of rotatable bonds is 4. The number of benzene rings is 2. The van der Waals surface area contributed by atoms with Crippen molar-refractivity contribution in [2.45, 2.75) is 61.8 Å². The second-order valence-corrected chi connectivity index (χ2v) is 11.4. The van der Waals surface area contributed by atoms with Crippen LogP contribution in [0.1, 0.15) is 36.5 Å². The fourth-order valence-corrected chi connectivity index (χ4v) is 7.83. The molecule has 1 amide bonds. The minimum absolute atomic E-state index is 0.0264. The fraction of sp³-hybridized carbons (Fsp3) is 0.483. The maximum atomic E-state index is 13.4. The maximum absolute atomic E-state index is 13.4. The lowest BCUT2D eigenvalue weighted by atomic mass is 9.47. The summed E-state index contributed by atoms with van der Waals surface area (Å²) in [5, 5.41) is 23.2. The summed E-state index contributed by atoms with van der Waals surface area (Å²) in [7, 11) is 3.71. The first-order chi connectivity index (χ1) is 18.4. The largest absolute Gasteiger partial charge is 0.573 e. The Bertz CT molecular complexity index is 1360. The van der Waals surface area contributed by atoms with Gasteiger partial charge in [0.05, 0.1) is 17.1 Å². The number of amides is 1. The molecule has 10 heteroatoms. The van der Waals surface area contributed by atoms with E-state index < -0.39 is 29.5 Å². The first-order valence-corrected chi connectivity index (χ1v) is 13.1. The lowest BCUT2D eigenvalue weighted by Crippen LogP contribution is -2.79. The molecule has 6 rings (SSSR count). The topological polar surface area (TPSA) is 82.5 Å². The predicted molar refractivity (Wildman–Crippen MR) is 136 cm³/mol. The fourth-order valence-electron chi connectivity index (χ4n) is 7.83. The molecule has 2 fully saturated rings. The van der Waals surface area contributed by atoms with Crippen LogP contribution >= 0.6 is 0 Å². The van der Waals surface area contributed by atoms with Crippen LogP contribution in [0.5, 0.6) is 17.2 Å². The molecule has 2 aromatic carbocycles. The third-order valence-corrected chi connectivity index (χ3v) is 9.36. The highest BCUT2D eigenvalue weighted by Gasteiger charge is 2.74. The molecule has 0 unspecified atom stereocenters. The van der Waals surface area contributed by atoms with Crippen LogP contribution in [0.3, 0.4) is 0 Å². The highest BCUT2D eigenvalue weighted by atomic mass is 19.4. The number of ether oxygens (including phenoxy) is 2. The predicted octanol–water partition coefficient (Wildman–Crippen LogP) is 3.86. The molecule has 1 spiro atoms. The molecule has 1 saturated heterocycles. The number of alkyl halides is 3. The molecule has 2 bridgehead atoms. The van der Waals surface area contributed by atoms with E-state index in [1.54, 1.807) is 24.1 Å². The normalized spacial score (nSPS) is 33.0. The summed E-state index contributed by atoms with van der Waals surface area (Å²) in [6.07, 6.45) is -0.881. The van der Waals surface area contributed by atoms with E-state index in [2.05, 4.69) is 9.64 Å². The Kier molecular flexibility index (Phi) is 5.75. The number of phenolic OH excluding ortho intramolecular Hbond substituents is 1. The zero-order chi connectivity index (χ0) is 27.9. The Hall–Kier alpha value is -3.24. The van der Waals surface area contributed by atoms with E-state index >= 15 is 0 Å². The smallest absolute Gasteiger partial charge is 0.504 e. The molecule has 4 aliphatic rings. The number of piperidine rings is 1. The summed E-state index contributed by atoms with van der Waals surface area (Å²) < 4.78 is 48.3. The van der Waals surface area contributed by atoms with Crippen molar-refractivity contribution in [3.8, 4) is 17.2 Å². The summed E-state index contributed by atoms with van der Waals surface area (Å²) in [6.45, 7) is 2.74. The summed E-state index contributed by atoms with van der Waals surface area (Å²) in [5.41, 5.74) is 0.437. The molecule has 6 atom stereocenters. The minimum Gasteiger partial charge on any atom is -0.504 e. The Labute approximate surface area is 224 Å². The molecule has 39 heavy (non-hydrogen) atoms. The monoisotopic (exact) mass is 544 g/mol. The van der Waals surface area contributed by atoms with Gasteiger partial charge in [0.25, 0.3) is 0 Å². The van der Waals surface area contributed by atoms with Crippen molar-refractivity contribution >= 4 is 12.0 Å². The molecule has 2 aliphatic heterocycles. The van der Waals surface area contributed by atoms with Gasteiger partial charge in [-0.1, -0.05) is 25.1 Å². The van der Waals surface area contributed by atoms with Crippen LogP contribution in [0.15, 0.2) is 42.5 Å². The van der Waals surface area contributed by atoms with Crippen molar-refractivity contribution in [3.05, 3.63) is 59.2 Å². The molecule has 2 N–H and O–H groups in total. The summed E-state index contributed by atoms with van der Waals surface area (Å²) in [5.74, 6) is -0.424. The third kappa shape index (κ3) is 3.75. The minimum atomic E-state index is -4.81. The van der Waals surface area contributed by atoms with Crippen molar-refractivity contribution < 1.29 is 37.7 Å². The van der Waals surface area contributed by atoms with Crippen LogP contribution in [0.2, 0.25) is 0 Å². The SMILES string of the molecule is C[C@@H]1C[C@@]2(O)[C@H]3Cc4ccc(O)c5c4[C@@]2(CCN3C)[C@@H](O5)[C@@H]1N(C)C(=O)C=Cc1cccc(OC(F)(F)F)c1. The number of carbonyl (C=O) groups excluding carboxylic acids is 1. The van der Waals surface area contributed by atoms with Crippen LogP contribution in [0.4, 0.5) is 13.2 Å². The van der Waals surface area contributed by atoms with Gasteiger partial charge in [0.1, 0.15) is 11.9 Å². The summed E-state index contributed by atoms with van der Waals surface area (Å²) in [4.78, 5) is 17.2. The first-order valence-electron chi connectivity index (χ1n) is 13.1. The molecule has 0 radical (unpaired) electrons. The molecule has 0 aromatic heterocycles. The van der Waals surface area contributed by atoms with Crippen molar-refractivity contribution in [2.24, 2.45) is 5.92 Å². The Morgan fingerprint density at radius 1 is 1.28 bits per heavy atom. The zero-order valence-corrected chi connectivity index (χ0v) is 21.9. The van der Waals surface area contributed by atoms with Gasteiger partial charge in [0.15, 0.2) is 11.5 Å². The van der Waals surface area contributed by atoms with E-state index in [1.807, 2.05) is 20.0 Å². The number of likely N-dealkylation sites (N-methyl/N-ethyl adjacent to an activating group) is 2. The molecule has 7 nitrogen and oxygen atoms in total. The van der Waals surface area contributed by atoms with Crippen LogP contribution in [-0.2, 0) is 16.6 Å². The molecule has 2 aliphatic carbocycles. The quantitative estimate of drug-likeness (QED) is 0.569. The standard InChI is InChI=1S/C29H31F3N2O5/c1-16-15-28(37)21-14-18-8-9-20(35)25-23(18)27(28,11-12-33(21)2)26(38-25)24(16)34(3)22(36)10-7-17-5-4-6-19(13-17)39-29(30,31)32/h4-10,13,16,21,24,26,35,37H,11-12,14-15H2,1-3H3/t16-,21-,24-,26+,27+,28-/m1/s1. The van der Waals surface area contributed by atoms with E-state index in [0.717, 1.165) is 17.7 Å². The van der Waals surface area contributed by atoms with Gasteiger partial charge in [-0.05, 0) is 74.2 Å². The van der Waals surface area contributed by atoms with Gasteiger partial charge < -0.3 is 29.5 Å². The third-order valence-electron chi connectivity index (χ3n) is 9.36. The Morgan fingerprint density at radius 3 is 2.79 bits per heavy atom. The van der Waals surface area contributed by atoms with Gasteiger partial charge in [-0.2, -0.15) is 0 Å². The van der Waals surface area contributed by atoms with Crippen LogP contribution in [0, 0.1) is 5.92 Å². The molecule has 2 aromatic rings. The maximum Gasteiger partial charge on any atom is 0.573 e. The Balaban J connectivity index is 1.33. The van der Waals surface area contributed by atoms with Gasteiger partial charge in [0.2, 0.25) is 5.91 Å². The lowest BCUT2D eigenvalue weighted by molar-refractivity contribution is -0.274. The van der Waals surface area contributed by atoms with Crippen molar-refractivity contribution in [1.82, 2.24) is 9.80 Å².